The van der Waals surface area contributed by atoms with Crippen LogP contribution < -0.4 is 14.2 Å². The minimum absolute atomic E-state index is 0.0633. The molecule has 0 bridgehead atoms. The molecule has 1 amide bonds. The summed E-state index contributed by atoms with van der Waals surface area (Å²) in [6, 6.07) is 9.14. The quantitative estimate of drug-likeness (QED) is 0.838. The van der Waals surface area contributed by atoms with E-state index in [0.29, 0.717) is 36.3 Å². The molecule has 0 radical (unpaired) electrons. The number of nitrogens with zero attached hydrogens (tertiary/aromatic N) is 3. The summed E-state index contributed by atoms with van der Waals surface area (Å²) in [5.74, 6) is 2.43. The largest absolute Gasteiger partial charge is 0.485 e. The van der Waals surface area contributed by atoms with E-state index in [1.807, 2.05) is 31.2 Å². The van der Waals surface area contributed by atoms with E-state index in [9.17, 15) is 4.79 Å². The first-order chi connectivity index (χ1) is 12.7. The van der Waals surface area contributed by atoms with Crippen molar-refractivity contribution >= 4 is 5.91 Å². The lowest BCUT2D eigenvalue weighted by atomic mass is 10.1. The van der Waals surface area contributed by atoms with Crippen molar-refractivity contribution in [1.82, 2.24) is 14.9 Å². The van der Waals surface area contributed by atoms with Gasteiger partial charge in [-0.25, -0.2) is 4.98 Å². The smallest absolute Gasteiger partial charge is 0.267 e. The molecule has 2 aromatic rings. The van der Waals surface area contributed by atoms with Crippen molar-refractivity contribution in [1.29, 1.82) is 0 Å². The van der Waals surface area contributed by atoms with Gasteiger partial charge in [0.25, 0.3) is 5.91 Å². The van der Waals surface area contributed by atoms with Crippen molar-refractivity contribution < 1.29 is 19.0 Å². The number of para-hydroxylation sites is 2. The Morgan fingerprint density at radius 2 is 2.12 bits per heavy atom. The van der Waals surface area contributed by atoms with Crippen LogP contribution in [0.1, 0.15) is 18.7 Å². The third-order valence-corrected chi connectivity index (χ3v) is 4.51. The summed E-state index contributed by atoms with van der Waals surface area (Å²) in [5.41, 5.74) is 0. The Labute approximate surface area is 151 Å². The van der Waals surface area contributed by atoms with Gasteiger partial charge >= 0.3 is 0 Å². The molecule has 2 aliphatic heterocycles. The van der Waals surface area contributed by atoms with Crippen LogP contribution in [0.2, 0.25) is 0 Å². The summed E-state index contributed by atoms with van der Waals surface area (Å²) in [6.07, 6.45) is 2.74. The Morgan fingerprint density at radius 1 is 1.27 bits per heavy atom. The number of likely N-dealkylation sites (tertiary alicyclic amines) is 1. The zero-order valence-electron chi connectivity index (χ0n) is 14.6. The molecule has 4 rings (SSSR count). The Bertz CT molecular complexity index is 798. The van der Waals surface area contributed by atoms with Crippen molar-refractivity contribution in [3.63, 3.8) is 0 Å². The predicted octanol–water partition coefficient (Wildman–Crippen LogP) is 1.99. The minimum Gasteiger partial charge on any atom is -0.485 e. The van der Waals surface area contributed by atoms with E-state index >= 15 is 0 Å². The van der Waals surface area contributed by atoms with E-state index in [0.717, 1.165) is 12.8 Å². The fraction of sp³-hybridized carbons (Fsp3) is 0.421. The molecule has 26 heavy (non-hydrogen) atoms. The van der Waals surface area contributed by atoms with Gasteiger partial charge in [-0.15, -0.1) is 0 Å². The van der Waals surface area contributed by atoms with Crippen molar-refractivity contribution in [2.45, 2.75) is 32.0 Å². The SMILES string of the molecule is Cc1nccc(OC2CCCN(C(=O)C3COc4ccccc4O3)C2)n1. The van der Waals surface area contributed by atoms with Crippen LogP contribution in [0.5, 0.6) is 17.4 Å². The van der Waals surface area contributed by atoms with Gasteiger partial charge in [0.05, 0.1) is 6.54 Å². The second kappa shape index (κ2) is 7.19. The summed E-state index contributed by atoms with van der Waals surface area (Å²) < 4.78 is 17.4. The number of hydrogen-bond donors (Lipinski definition) is 0. The zero-order valence-corrected chi connectivity index (χ0v) is 14.6. The maximum Gasteiger partial charge on any atom is 0.267 e. The summed E-state index contributed by atoms with van der Waals surface area (Å²) >= 11 is 0. The van der Waals surface area contributed by atoms with Gasteiger partial charge in [0, 0.05) is 18.8 Å². The van der Waals surface area contributed by atoms with E-state index in [-0.39, 0.29) is 18.6 Å². The molecule has 1 aromatic carbocycles. The normalized spacial score (nSPS) is 22.0. The van der Waals surface area contributed by atoms with E-state index in [4.69, 9.17) is 14.2 Å². The molecular formula is C19H21N3O4. The molecule has 7 heteroatoms. The van der Waals surface area contributed by atoms with Crippen LogP contribution in [0.4, 0.5) is 0 Å². The average Bonchev–Trinajstić information content (AvgIpc) is 2.67. The molecule has 1 aromatic heterocycles. The topological polar surface area (TPSA) is 73.8 Å². The number of piperidine rings is 1. The van der Waals surface area contributed by atoms with E-state index in [2.05, 4.69) is 9.97 Å². The molecule has 0 spiro atoms. The first-order valence-corrected chi connectivity index (χ1v) is 8.82. The van der Waals surface area contributed by atoms with Crippen LogP contribution in [0, 0.1) is 6.92 Å². The number of aryl methyl sites for hydroxylation is 1. The monoisotopic (exact) mass is 355 g/mol. The van der Waals surface area contributed by atoms with Gasteiger partial charge in [0.1, 0.15) is 18.5 Å². The fourth-order valence-electron chi connectivity index (χ4n) is 3.25. The number of amides is 1. The predicted molar refractivity (Wildman–Crippen MR) is 93.4 cm³/mol. The Morgan fingerprint density at radius 3 is 2.96 bits per heavy atom. The summed E-state index contributed by atoms with van der Waals surface area (Å²) in [4.78, 5) is 23.0. The first kappa shape index (κ1) is 16.6. The number of ether oxygens (including phenoxy) is 3. The van der Waals surface area contributed by atoms with Gasteiger partial charge in [-0.3, -0.25) is 4.79 Å². The number of aromatic nitrogens is 2. The maximum atomic E-state index is 12.9. The minimum atomic E-state index is -0.620. The lowest BCUT2D eigenvalue weighted by molar-refractivity contribution is -0.143. The molecule has 0 saturated carbocycles. The number of benzene rings is 1. The number of fused-ring (bicyclic) bond motifs is 1. The lowest BCUT2D eigenvalue weighted by Crippen LogP contribution is -2.51. The van der Waals surface area contributed by atoms with Crippen LogP contribution >= 0.6 is 0 Å². The fourth-order valence-corrected chi connectivity index (χ4v) is 3.25. The van der Waals surface area contributed by atoms with Crippen LogP contribution in [-0.2, 0) is 4.79 Å². The molecule has 3 heterocycles. The van der Waals surface area contributed by atoms with Crippen molar-refractivity contribution in [2.24, 2.45) is 0 Å². The van der Waals surface area contributed by atoms with Crippen molar-refractivity contribution in [3.8, 4) is 17.4 Å². The highest BCUT2D eigenvalue weighted by molar-refractivity contribution is 5.82. The molecular weight excluding hydrogens is 334 g/mol. The molecule has 0 aliphatic carbocycles. The Kier molecular flexibility index (Phi) is 4.60. The van der Waals surface area contributed by atoms with Gasteiger partial charge in [0.15, 0.2) is 11.5 Å². The molecule has 2 atom stereocenters. The number of rotatable bonds is 3. The second-order valence-corrected chi connectivity index (χ2v) is 6.47. The molecule has 0 N–H and O–H groups in total. The van der Waals surface area contributed by atoms with Crippen molar-refractivity contribution in [2.75, 3.05) is 19.7 Å². The average molecular weight is 355 g/mol. The highest BCUT2D eigenvalue weighted by Gasteiger charge is 2.34. The number of carbonyl (C=O) groups excluding carboxylic acids is 1. The third kappa shape index (κ3) is 3.56. The van der Waals surface area contributed by atoms with E-state index in [1.54, 1.807) is 17.2 Å². The maximum absolute atomic E-state index is 12.9. The van der Waals surface area contributed by atoms with Gasteiger partial charge in [-0.2, -0.15) is 4.98 Å². The van der Waals surface area contributed by atoms with Crippen LogP contribution in [0.25, 0.3) is 0 Å². The van der Waals surface area contributed by atoms with E-state index in [1.165, 1.54) is 0 Å². The number of carbonyl (C=O) groups is 1. The van der Waals surface area contributed by atoms with Crippen molar-refractivity contribution in [3.05, 3.63) is 42.4 Å². The van der Waals surface area contributed by atoms with Gasteiger partial charge in [-0.05, 0) is 31.9 Å². The molecule has 1 fully saturated rings. The molecule has 7 nitrogen and oxygen atoms in total. The summed E-state index contributed by atoms with van der Waals surface area (Å²) in [5, 5.41) is 0. The first-order valence-electron chi connectivity index (χ1n) is 8.82. The highest BCUT2D eigenvalue weighted by atomic mass is 16.6. The van der Waals surface area contributed by atoms with Crippen LogP contribution in [-0.4, -0.2) is 52.7 Å². The van der Waals surface area contributed by atoms with E-state index < -0.39 is 6.10 Å². The van der Waals surface area contributed by atoms with Crippen LogP contribution in [0.15, 0.2) is 36.5 Å². The van der Waals surface area contributed by atoms with Crippen LogP contribution in [0.3, 0.4) is 0 Å². The second-order valence-electron chi connectivity index (χ2n) is 6.47. The molecule has 2 aliphatic rings. The third-order valence-electron chi connectivity index (χ3n) is 4.51. The molecule has 136 valence electrons. The van der Waals surface area contributed by atoms with Gasteiger partial charge < -0.3 is 19.1 Å². The van der Waals surface area contributed by atoms with Gasteiger partial charge in [0.2, 0.25) is 12.0 Å². The van der Waals surface area contributed by atoms with Gasteiger partial charge in [-0.1, -0.05) is 12.1 Å². The zero-order chi connectivity index (χ0) is 17.9. The Hall–Kier alpha value is -2.83. The highest BCUT2D eigenvalue weighted by Crippen LogP contribution is 2.31. The summed E-state index contributed by atoms with van der Waals surface area (Å²) in [6.45, 7) is 3.26. The molecule has 1 saturated heterocycles. The summed E-state index contributed by atoms with van der Waals surface area (Å²) in [7, 11) is 0. The molecule has 2 unspecified atom stereocenters. The lowest BCUT2D eigenvalue weighted by Gasteiger charge is -2.35. The number of hydrogen-bond acceptors (Lipinski definition) is 6. The Balaban J connectivity index is 1.39. The standard InChI is InChI=1S/C19H21N3O4/c1-13-20-9-8-18(21-13)25-14-5-4-10-22(11-14)19(23)17-12-24-15-6-2-3-7-16(15)26-17/h2-3,6-9,14,17H,4-5,10-12H2,1H3.